The maximum Gasteiger partial charge on any atom is 0.329 e. The summed E-state index contributed by atoms with van der Waals surface area (Å²) < 4.78 is 0. The first-order valence-corrected chi connectivity index (χ1v) is 7.92. The number of urea groups is 1. The van der Waals surface area contributed by atoms with Crippen molar-refractivity contribution in [2.75, 3.05) is 11.9 Å². The predicted molar refractivity (Wildman–Crippen MR) is 96.1 cm³/mol. The molecule has 132 valence electrons. The Bertz CT molecular complexity index is 903. The third kappa shape index (κ3) is 3.89. The summed E-state index contributed by atoms with van der Waals surface area (Å²) in [5.41, 5.74) is 2.29. The molecular weight excluding hydrogens is 334 g/mol. The highest BCUT2D eigenvalue weighted by molar-refractivity contribution is 6.15. The number of phenolic OH excluding ortho intramolecular Hbond substituents is 1. The van der Waals surface area contributed by atoms with Crippen molar-refractivity contribution < 1.29 is 19.5 Å². The molecule has 7 heteroatoms. The molecule has 1 aliphatic rings. The van der Waals surface area contributed by atoms with Gasteiger partial charge in [-0.2, -0.15) is 0 Å². The molecular formula is C19H17N3O4. The van der Waals surface area contributed by atoms with Crippen molar-refractivity contribution >= 4 is 29.6 Å². The number of carbonyl (C=O) groups is 3. The number of amides is 4. The topological polar surface area (TPSA) is 98.7 Å². The van der Waals surface area contributed by atoms with Gasteiger partial charge in [0.05, 0.1) is 0 Å². The van der Waals surface area contributed by atoms with Crippen LogP contribution in [0.3, 0.4) is 0 Å². The average molecular weight is 351 g/mol. The largest absolute Gasteiger partial charge is 0.508 e. The van der Waals surface area contributed by atoms with Gasteiger partial charge in [-0.05, 0) is 48.4 Å². The second kappa shape index (κ2) is 7.10. The Morgan fingerprint density at radius 3 is 2.62 bits per heavy atom. The maximum absolute atomic E-state index is 12.4. The molecule has 1 saturated heterocycles. The van der Waals surface area contributed by atoms with Crippen LogP contribution in [0.1, 0.15) is 11.1 Å². The first kappa shape index (κ1) is 17.2. The molecule has 2 aromatic carbocycles. The number of hydrogen-bond acceptors (Lipinski definition) is 4. The first-order valence-electron chi connectivity index (χ1n) is 7.92. The molecule has 4 amide bonds. The number of hydrogen-bond donors (Lipinski definition) is 3. The minimum Gasteiger partial charge on any atom is -0.508 e. The molecule has 0 unspecified atom stereocenters. The number of carbonyl (C=O) groups excluding carboxylic acids is 3. The summed E-state index contributed by atoms with van der Waals surface area (Å²) in [6, 6.07) is 12.7. The second-order valence-corrected chi connectivity index (χ2v) is 5.89. The van der Waals surface area contributed by atoms with Gasteiger partial charge in [-0.25, -0.2) is 9.69 Å². The molecule has 0 saturated carbocycles. The van der Waals surface area contributed by atoms with Gasteiger partial charge < -0.3 is 15.7 Å². The number of rotatable bonds is 4. The Balaban J connectivity index is 1.69. The van der Waals surface area contributed by atoms with Crippen molar-refractivity contribution in [1.82, 2.24) is 10.2 Å². The zero-order valence-corrected chi connectivity index (χ0v) is 14.0. The summed E-state index contributed by atoms with van der Waals surface area (Å²) in [4.78, 5) is 37.4. The zero-order valence-electron chi connectivity index (χ0n) is 14.0. The highest BCUT2D eigenvalue weighted by atomic mass is 16.3. The average Bonchev–Trinajstić information content (AvgIpc) is 2.84. The summed E-state index contributed by atoms with van der Waals surface area (Å²) >= 11 is 0. The minimum absolute atomic E-state index is 0.0732. The molecule has 0 bridgehead atoms. The lowest BCUT2D eigenvalue weighted by molar-refractivity contribution is -0.127. The Hall–Kier alpha value is -3.61. The van der Waals surface area contributed by atoms with Crippen LogP contribution in [-0.2, 0) is 9.59 Å². The molecule has 2 aromatic rings. The standard InChI is InChI=1S/C19H17N3O4/c1-12-3-2-4-14(9-12)20-17(24)11-22-18(25)16(21-19(22)26)10-13-5-7-15(23)8-6-13/h2-10,23H,11H2,1H3,(H,20,24)(H,21,26)/b16-10+. The molecule has 0 radical (unpaired) electrons. The molecule has 0 spiro atoms. The van der Waals surface area contributed by atoms with Gasteiger partial charge in [0, 0.05) is 5.69 Å². The van der Waals surface area contributed by atoms with Crippen LogP contribution in [0.5, 0.6) is 5.75 Å². The van der Waals surface area contributed by atoms with Crippen molar-refractivity contribution in [3.63, 3.8) is 0 Å². The molecule has 1 fully saturated rings. The number of anilines is 1. The van der Waals surface area contributed by atoms with Crippen LogP contribution in [0.15, 0.2) is 54.2 Å². The van der Waals surface area contributed by atoms with Gasteiger partial charge in [-0.15, -0.1) is 0 Å². The van der Waals surface area contributed by atoms with E-state index in [0.717, 1.165) is 10.5 Å². The van der Waals surface area contributed by atoms with Crippen molar-refractivity contribution in [3.05, 3.63) is 65.4 Å². The summed E-state index contributed by atoms with van der Waals surface area (Å²) in [7, 11) is 0. The summed E-state index contributed by atoms with van der Waals surface area (Å²) in [6.07, 6.45) is 1.48. The first-order chi connectivity index (χ1) is 12.4. The van der Waals surface area contributed by atoms with Crippen molar-refractivity contribution in [2.24, 2.45) is 0 Å². The Morgan fingerprint density at radius 1 is 1.19 bits per heavy atom. The number of phenols is 1. The van der Waals surface area contributed by atoms with Crippen LogP contribution < -0.4 is 10.6 Å². The van der Waals surface area contributed by atoms with E-state index in [4.69, 9.17) is 0 Å². The van der Waals surface area contributed by atoms with E-state index in [0.29, 0.717) is 11.3 Å². The van der Waals surface area contributed by atoms with Crippen LogP contribution in [0.4, 0.5) is 10.5 Å². The molecule has 7 nitrogen and oxygen atoms in total. The minimum atomic E-state index is -0.653. The highest BCUT2D eigenvalue weighted by Crippen LogP contribution is 2.17. The number of aryl methyl sites for hydroxylation is 1. The lowest BCUT2D eigenvalue weighted by Gasteiger charge is -2.12. The molecule has 1 aliphatic heterocycles. The van der Waals surface area contributed by atoms with Crippen molar-refractivity contribution in [2.45, 2.75) is 6.92 Å². The van der Waals surface area contributed by atoms with Gasteiger partial charge in [-0.3, -0.25) is 9.59 Å². The van der Waals surface area contributed by atoms with E-state index >= 15 is 0 Å². The zero-order chi connectivity index (χ0) is 18.7. The number of imide groups is 1. The second-order valence-electron chi connectivity index (χ2n) is 5.89. The molecule has 0 aromatic heterocycles. The van der Waals surface area contributed by atoms with E-state index < -0.39 is 17.8 Å². The van der Waals surface area contributed by atoms with E-state index in [9.17, 15) is 19.5 Å². The van der Waals surface area contributed by atoms with Crippen LogP contribution in [0, 0.1) is 6.92 Å². The molecule has 3 N–H and O–H groups in total. The number of aromatic hydroxyl groups is 1. The van der Waals surface area contributed by atoms with Gasteiger partial charge >= 0.3 is 6.03 Å². The van der Waals surface area contributed by atoms with Crippen LogP contribution in [-0.4, -0.2) is 34.4 Å². The van der Waals surface area contributed by atoms with Gasteiger partial charge in [-0.1, -0.05) is 24.3 Å². The molecule has 0 aliphatic carbocycles. The van der Waals surface area contributed by atoms with Crippen LogP contribution >= 0.6 is 0 Å². The quantitative estimate of drug-likeness (QED) is 0.581. The Labute approximate surface area is 149 Å². The van der Waals surface area contributed by atoms with Crippen molar-refractivity contribution in [3.8, 4) is 5.75 Å². The summed E-state index contributed by atoms with van der Waals surface area (Å²) in [5, 5.41) is 14.4. The van der Waals surface area contributed by atoms with Gasteiger partial charge in [0.25, 0.3) is 5.91 Å². The SMILES string of the molecule is Cc1cccc(NC(=O)CN2C(=O)N/C(=C/c3ccc(O)cc3)C2=O)c1. The lowest BCUT2D eigenvalue weighted by atomic mass is 10.2. The molecule has 1 heterocycles. The van der Waals surface area contributed by atoms with Gasteiger partial charge in [0.1, 0.15) is 18.0 Å². The van der Waals surface area contributed by atoms with E-state index in [2.05, 4.69) is 10.6 Å². The number of nitrogens with zero attached hydrogens (tertiary/aromatic N) is 1. The third-order valence-corrected chi connectivity index (χ3v) is 3.77. The third-order valence-electron chi connectivity index (χ3n) is 3.77. The molecule has 26 heavy (non-hydrogen) atoms. The van der Waals surface area contributed by atoms with E-state index in [-0.39, 0.29) is 18.0 Å². The lowest BCUT2D eigenvalue weighted by Crippen LogP contribution is -2.38. The monoisotopic (exact) mass is 351 g/mol. The summed E-state index contributed by atoms with van der Waals surface area (Å²) in [5.74, 6) is -0.948. The van der Waals surface area contributed by atoms with E-state index in [1.807, 2.05) is 13.0 Å². The molecule has 3 rings (SSSR count). The Kier molecular flexibility index (Phi) is 4.70. The number of nitrogens with one attached hydrogen (secondary N) is 2. The predicted octanol–water partition coefficient (Wildman–Crippen LogP) is 2.23. The highest BCUT2D eigenvalue weighted by Gasteiger charge is 2.34. The normalized spacial score (nSPS) is 15.3. The maximum atomic E-state index is 12.4. The van der Waals surface area contributed by atoms with E-state index in [1.54, 1.807) is 30.3 Å². The number of benzene rings is 2. The van der Waals surface area contributed by atoms with Gasteiger partial charge in [0.15, 0.2) is 0 Å². The Morgan fingerprint density at radius 2 is 1.92 bits per heavy atom. The fraction of sp³-hybridized carbons (Fsp3) is 0.105. The van der Waals surface area contributed by atoms with Gasteiger partial charge in [0.2, 0.25) is 5.91 Å². The fourth-order valence-corrected chi connectivity index (χ4v) is 2.52. The smallest absolute Gasteiger partial charge is 0.329 e. The summed E-state index contributed by atoms with van der Waals surface area (Å²) in [6.45, 7) is 1.51. The van der Waals surface area contributed by atoms with Crippen molar-refractivity contribution in [1.29, 1.82) is 0 Å². The van der Waals surface area contributed by atoms with Crippen LogP contribution in [0.25, 0.3) is 6.08 Å². The van der Waals surface area contributed by atoms with Crippen LogP contribution in [0.2, 0.25) is 0 Å². The fourth-order valence-electron chi connectivity index (χ4n) is 2.52. The van der Waals surface area contributed by atoms with E-state index in [1.165, 1.54) is 18.2 Å². The molecule has 0 atom stereocenters.